The maximum atomic E-state index is 12.1. The number of hydrogen-bond donors (Lipinski definition) is 1. The highest BCUT2D eigenvalue weighted by atomic mass is 79.9. The lowest BCUT2D eigenvalue weighted by Crippen LogP contribution is -2.39. The topological polar surface area (TPSA) is 29.1 Å². The fourth-order valence-electron chi connectivity index (χ4n) is 3.00. The molecule has 2 nitrogen and oxygen atoms in total. The summed E-state index contributed by atoms with van der Waals surface area (Å²) in [6, 6.07) is 4.17. The maximum absolute atomic E-state index is 12.1. The van der Waals surface area contributed by atoms with Crippen molar-refractivity contribution in [1.29, 1.82) is 0 Å². The molecule has 0 spiro atoms. The van der Waals surface area contributed by atoms with Crippen LogP contribution in [0.3, 0.4) is 0 Å². The molecule has 0 saturated heterocycles. The van der Waals surface area contributed by atoms with Crippen molar-refractivity contribution in [2.24, 2.45) is 11.3 Å². The van der Waals surface area contributed by atoms with Crippen LogP contribution in [0.15, 0.2) is 15.9 Å². The van der Waals surface area contributed by atoms with E-state index in [1.54, 1.807) is 0 Å². The zero-order valence-electron chi connectivity index (χ0n) is 12.5. The standard InChI is InChI=1S/C16H24BrNOS/c1-4-16(2,3)11-5-7-12(8-6-11)18-15(19)13-9-10-14(17)20-13/h9-12H,4-8H2,1-3H3,(H,18,19). The molecule has 1 aliphatic rings. The summed E-state index contributed by atoms with van der Waals surface area (Å²) in [4.78, 5) is 12.9. The molecule has 0 aliphatic heterocycles. The predicted octanol–water partition coefficient (Wildman–Crippen LogP) is 5.24. The van der Waals surface area contributed by atoms with Gasteiger partial charge in [-0.2, -0.15) is 0 Å². The first-order chi connectivity index (χ1) is 9.42. The quantitative estimate of drug-likeness (QED) is 0.784. The van der Waals surface area contributed by atoms with E-state index in [4.69, 9.17) is 0 Å². The van der Waals surface area contributed by atoms with Crippen LogP contribution in [0, 0.1) is 11.3 Å². The molecule has 0 atom stereocenters. The van der Waals surface area contributed by atoms with E-state index < -0.39 is 0 Å². The van der Waals surface area contributed by atoms with Gasteiger partial charge in [-0.15, -0.1) is 11.3 Å². The maximum Gasteiger partial charge on any atom is 0.261 e. The summed E-state index contributed by atoms with van der Waals surface area (Å²) in [6.45, 7) is 7.03. The van der Waals surface area contributed by atoms with E-state index in [-0.39, 0.29) is 5.91 Å². The van der Waals surface area contributed by atoms with Crippen LogP contribution >= 0.6 is 27.3 Å². The Balaban J connectivity index is 1.84. The van der Waals surface area contributed by atoms with Crippen molar-refractivity contribution < 1.29 is 4.79 Å². The summed E-state index contributed by atoms with van der Waals surface area (Å²) < 4.78 is 1.01. The summed E-state index contributed by atoms with van der Waals surface area (Å²) in [5.41, 5.74) is 0.438. The van der Waals surface area contributed by atoms with E-state index in [1.165, 1.54) is 30.6 Å². The van der Waals surface area contributed by atoms with Gasteiger partial charge in [-0.25, -0.2) is 0 Å². The second-order valence-corrected chi connectivity index (χ2v) is 8.93. The molecular formula is C16H24BrNOS. The van der Waals surface area contributed by atoms with E-state index in [9.17, 15) is 4.79 Å². The number of nitrogens with one attached hydrogen (secondary N) is 1. The van der Waals surface area contributed by atoms with E-state index in [2.05, 4.69) is 42.0 Å². The van der Waals surface area contributed by atoms with E-state index in [0.717, 1.165) is 27.4 Å². The van der Waals surface area contributed by atoms with Crippen LogP contribution in [-0.4, -0.2) is 11.9 Å². The monoisotopic (exact) mass is 357 g/mol. The average Bonchev–Trinajstić information content (AvgIpc) is 2.86. The Morgan fingerprint density at radius 3 is 2.50 bits per heavy atom. The minimum Gasteiger partial charge on any atom is -0.349 e. The molecule has 0 unspecified atom stereocenters. The summed E-state index contributed by atoms with van der Waals surface area (Å²) in [7, 11) is 0. The second kappa shape index (κ2) is 6.61. The first kappa shape index (κ1) is 16.0. The van der Waals surface area contributed by atoms with Crippen molar-refractivity contribution in [3.63, 3.8) is 0 Å². The van der Waals surface area contributed by atoms with Crippen molar-refractivity contribution in [1.82, 2.24) is 5.32 Å². The van der Waals surface area contributed by atoms with Crippen molar-refractivity contribution in [2.45, 2.75) is 58.9 Å². The lowest BCUT2D eigenvalue weighted by molar-refractivity contribution is 0.0897. The molecule has 1 fully saturated rings. The molecule has 1 aromatic rings. The number of carbonyl (C=O) groups excluding carboxylic acids is 1. The van der Waals surface area contributed by atoms with Crippen LogP contribution in [0.25, 0.3) is 0 Å². The summed E-state index contributed by atoms with van der Waals surface area (Å²) in [5.74, 6) is 0.885. The molecule has 1 N–H and O–H groups in total. The number of thiophene rings is 1. The lowest BCUT2D eigenvalue weighted by atomic mass is 9.69. The van der Waals surface area contributed by atoms with Crippen LogP contribution < -0.4 is 5.32 Å². The Morgan fingerprint density at radius 1 is 1.35 bits per heavy atom. The van der Waals surface area contributed by atoms with Crippen molar-refractivity contribution in [3.8, 4) is 0 Å². The van der Waals surface area contributed by atoms with Crippen molar-refractivity contribution >= 4 is 33.2 Å². The third-order valence-corrected chi connectivity index (χ3v) is 6.50. The average molecular weight is 358 g/mol. The molecule has 0 aromatic carbocycles. The van der Waals surface area contributed by atoms with Gasteiger partial charge in [0.05, 0.1) is 8.66 Å². The van der Waals surface area contributed by atoms with Gasteiger partial charge in [0.1, 0.15) is 0 Å². The highest BCUT2D eigenvalue weighted by molar-refractivity contribution is 9.11. The van der Waals surface area contributed by atoms with Gasteiger partial charge >= 0.3 is 0 Å². The highest BCUT2D eigenvalue weighted by Crippen LogP contribution is 2.40. The van der Waals surface area contributed by atoms with Crippen LogP contribution in [0.5, 0.6) is 0 Å². The number of amides is 1. The molecule has 1 heterocycles. The van der Waals surface area contributed by atoms with Crippen molar-refractivity contribution in [3.05, 3.63) is 20.8 Å². The third kappa shape index (κ3) is 3.85. The minimum absolute atomic E-state index is 0.0823. The van der Waals surface area contributed by atoms with Gasteiger partial charge in [0.2, 0.25) is 0 Å². The Labute approximate surface area is 134 Å². The zero-order chi connectivity index (χ0) is 14.8. The Morgan fingerprint density at radius 2 is 2.00 bits per heavy atom. The molecule has 1 saturated carbocycles. The normalized spacial score (nSPS) is 23.6. The van der Waals surface area contributed by atoms with Crippen molar-refractivity contribution in [2.75, 3.05) is 0 Å². The number of halogens is 1. The van der Waals surface area contributed by atoms with Crippen LogP contribution in [-0.2, 0) is 0 Å². The van der Waals surface area contributed by atoms with Gasteiger partial charge in [0.25, 0.3) is 5.91 Å². The smallest absolute Gasteiger partial charge is 0.261 e. The van der Waals surface area contributed by atoms with E-state index in [0.29, 0.717) is 11.5 Å². The van der Waals surface area contributed by atoms with Gasteiger partial charge < -0.3 is 5.32 Å². The first-order valence-electron chi connectivity index (χ1n) is 7.48. The fourth-order valence-corrected chi connectivity index (χ4v) is 4.29. The first-order valence-corrected chi connectivity index (χ1v) is 9.09. The van der Waals surface area contributed by atoms with Gasteiger partial charge in [-0.3, -0.25) is 4.79 Å². The molecule has 0 bridgehead atoms. The second-order valence-electron chi connectivity index (χ2n) is 6.47. The van der Waals surface area contributed by atoms with Gasteiger partial charge in [-0.05, 0) is 65.1 Å². The molecule has 1 aromatic heterocycles. The number of rotatable bonds is 4. The number of carbonyl (C=O) groups is 1. The molecule has 0 radical (unpaired) electrons. The molecular weight excluding hydrogens is 334 g/mol. The van der Waals surface area contributed by atoms with E-state index in [1.807, 2.05) is 12.1 Å². The zero-order valence-corrected chi connectivity index (χ0v) is 14.9. The largest absolute Gasteiger partial charge is 0.349 e. The fraction of sp³-hybridized carbons (Fsp3) is 0.688. The highest BCUT2D eigenvalue weighted by Gasteiger charge is 2.32. The van der Waals surface area contributed by atoms with Crippen LogP contribution in [0.1, 0.15) is 62.5 Å². The lowest BCUT2D eigenvalue weighted by Gasteiger charge is -2.39. The molecule has 1 aliphatic carbocycles. The third-order valence-electron chi connectivity index (χ3n) is 4.88. The molecule has 2 rings (SSSR count). The predicted molar refractivity (Wildman–Crippen MR) is 89.3 cm³/mol. The van der Waals surface area contributed by atoms with Crippen LogP contribution in [0.4, 0.5) is 0 Å². The molecule has 112 valence electrons. The van der Waals surface area contributed by atoms with Gasteiger partial charge in [0, 0.05) is 6.04 Å². The molecule has 1 amide bonds. The number of hydrogen-bond acceptors (Lipinski definition) is 2. The summed E-state index contributed by atoms with van der Waals surface area (Å²) in [5, 5.41) is 3.19. The summed E-state index contributed by atoms with van der Waals surface area (Å²) in [6.07, 6.45) is 5.94. The minimum atomic E-state index is 0.0823. The van der Waals surface area contributed by atoms with Gasteiger partial charge in [-0.1, -0.05) is 27.2 Å². The Kier molecular flexibility index (Phi) is 5.30. The van der Waals surface area contributed by atoms with Gasteiger partial charge in [0.15, 0.2) is 0 Å². The molecule has 20 heavy (non-hydrogen) atoms. The Hall–Kier alpha value is -0.350. The van der Waals surface area contributed by atoms with E-state index >= 15 is 0 Å². The molecule has 4 heteroatoms. The Bertz CT molecular complexity index is 461. The van der Waals surface area contributed by atoms with Crippen LogP contribution in [0.2, 0.25) is 0 Å². The summed E-state index contributed by atoms with van der Waals surface area (Å²) >= 11 is 4.90. The SMILES string of the molecule is CCC(C)(C)C1CCC(NC(=O)c2ccc(Br)s2)CC1.